The third-order valence-corrected chi connectivity index (χ3v) is 7.61. The number of carbonyl (C=O) groups excluding carboxylic acids is 1. The number of amides is 1. The summed E-state index contributed by atoms with van der Waals surface area (Å²) in [5, 5.41) is 0.125. The van der Waals surface area contributed by atoms with Crippen molar-refractivity contribution in [1.82, 2.24) is 4.90 Å². The van der Waals surface area contributed by atoms with E-state index in [4.69, 9.17) is 15.8 Å². The number of benzene rings is 2. The normalized spacial score (nSPS) is 15.3. The molecule has 1 amide bonds. The van der Waals surface area contributed by atoms with Gasteiger partial charge in [-0.2, -0.15) is 8.42 Å². The highest BCUT2D eigenvalue weighted by Crippen LogP contribution is 2.31. The van der Waals surface area contributed by atoms with Gasteiger partial charge in [0.15, 0.2) is 0 Å². The maximum Gasteiger partial charge on any atom is 0.340 e. The summed E-state index contributed by atoms with van der Waals surface area (Å²) in [5.74, 6) is 0.496. The summed E-state index contributed by atoms with van der Waals surface area (Å²) in [6.45, 7) is 6.20. The lowest BCUT2D eigenvalue weighted by molar-refractivity contribution is -0.141. The van der Waals surface area contributed by atoms with Crippen LogP contribution in [0.4, 0.5) is 0 Å². The van der Waals surface area contributed by atoms with Crippen molar-refractivity contribution in [2.24, 2.45) is 5.92 Å². The van der Waals surface area contributed by atoms with Crippen LogP contribution in [-0.2, 0) is 21.5 Å². The highest BCUT2D eigenvalue weighted by molar-refractivity contribution is 7.87. The van der Waals surface area contributed by atoms with Crippen molar-refractivity contribution in [3.63, 3.8) is 0 Å². The van der Waals surface area contributed by atoms with Crippen molar-refractivity contribution < 1.29 is 17.4 Å². The highest BCUT2D eigenvalue weighted by Gasteiger charge is 2.31. The van der Waals surface area contributed by atoms with Gasteiger partial charge >= 0.3 is 10.1 Å². The molecule has 162 valence electrons. The minimum atomic E-state index is -4.08. The van der Waals surface area contributed by atoms with Crippen molar-refractivity contribution in [3.8, 4) is 5.75 Å². The molecule has 1 aliphatic rings. The zero-order chi connectivity index (χ0) is 21.9. The second kappa shape index (κ2) is 9.40. The standard InChI is InChI=1S/C23H28ClNO4S/c1-4-17(3)25(23(26)19-10-7-11-19)15-18-9-6-12-20(14-18)29-30(27,28)22-16(2)8-5-13-21(22)24/h5-6,8-9,12-14,17,19H,4,7,10-11,15H2,1-3H3. The van der Waals surface area contributed by atoms with Gasteiger partial charge in [-0.3, -0.25) is 4.79 Å². The summed E-state index contributed by atoms with van der Waals surface area (Å²) in [5.41, 5.74) is 1.35. The molecule has 5 nitrogen and oxygen atoms in total. The Bertz CT molecular complexity index is 997. The van der Waals surface area contributed by atoms with Gasteiger partial charge in [-0.15, -0.1) is 0 Å². The first-order valence-electron chi connectivity index (χ1n) is 10.3. The summed E-state index contributed by atoms with van der Waals surface area (Å²) in [7, 11) is -4.08. The molecule has 1 saturated carbocycles. The molecule has 1 fully saturated rings. The van der Waals surface area contributed by atoms with Crippen molar-refractivity contribution in [1.29, 1.82) is 0 Å². The van der Waals surface area contributed by atoms with Gasteiger partial charge in [-0.25, -0.2) is 0 Å². The lowest BCUT2D eigenvalue weighted by Gasteiger charge is -2.35. The molecular formula is C23H28ClNO4S. The maximum atomic E-state index is 12.9. The third kappa shape index (κ3) is 4.98. The average Bonchev–Trinajstić information content (AvgIpc) is 2.63. The Morgan fingerprint density at radius 1 is 1.23 bits per heavy atom. The molecule has 0 spiro atoms. The van der Waals surface area contributed by atoms with Crippen LogP contribution < -0.4 is 4.18 Å². The molecule has 1 unspecified atom stereocenters. The van der Waals surface area contributed by atoms with E-state index < -0.39 is 10.1 Å². The Balaban J connectivity index is 1.82. The molecule has 0 aliphatic heterocycles. The number of nitrogens with zero attached hydrogens (tertiary/aromatic N) is 1. The number of halogens is 1. The first-order valence-corrected chi connectivity index (χ1v) is 12.1. The van der Waals surface area contributed by atoms with Gasteiger partial charge in [-0.1, -0.05) is 49.2 Å². The zero-order valence-corrected chi connectivity index (χ0v) is 19.2. The number of rotatable bonds is 8. The molecule has 0 saturated heterocycles. The average molecular weight is 450 g/mol. The van der Waals surface area contributed by atoms with E-state index in [-0.39, 0.29) is 33.5 Å². The van der Waals surface area contributed by atoms with Crippen LogP contribution in [0.2, 0.25) is 5.02 Å². The molecular weight excluding hydrogens is 422 g/mol. The number of hydrogen-bond donors (Lipinski definition) is 0. The van der Waals surface area contributed by atoms with Crippen molar-refractivity contribution in [3.05, 3.63) is 58.6 Å². The van der Waals surface area contributed by atoms with Gasteiger partial charge in [0.25, 0.3) is 0 Å². The predicted molar refractivity (Wildman–Crippen MR) is 118 cm³/mol. The van der Waals surface area contributed by atoms with Crippen molar-refractivity contribution in [2.75, 3.05) is 0 Å². The van der Waals surface area contributed by atoms with Crippen LogP contribution >= 0.6 is 11.6 Å². The third-order valence-electron chi connectivity index (χ3n) is 5.73. The van der Waals surface area contributed by atoms with Crippen LogP contribution in [0.1, 0.15) is 50.7 Å². The summed E-state index contributed by atoms with van der Waals surface area (Å²) >= 11 is 6.11. The van der Waals surface area contributed by atoms with Crippen LogP contribution in [0.15, 0.2) is 47.4 Å². The molecule has 0 bridgehead atoms. The minimum absolute atomic E-state index is 0.0292. The van der Waals surface area contributed by atoms with Crippen molar-refractivity contribution >= 4 is 27.6 Å². The Hall–Kier alpha value is -2.05. The van der Waals surface area contributed by atoms with E-state index in [9.17, 15) is 13.2 Å². The Morgan fingerprint density at radius 3 is 2.53 bits per heavy atom. The second-order valence-electron chi connectivity index (χ2n) is 7.92. The highest BCUT2D eigenvalue weighted by atomic mass is 35.5. The zero-order valence-electron chi connectivity index (χ0n) is 17.6. The van der Waals surface area contributed by atoms with E-state index in [0.717, 1.165) is 31.2 Å². The van der Waals surface area contributed by atoms with E-state index in [0.29, 0.717) is 12.1 Å². The van der Waals surface area contributed by atoms with Gasteiger partial charge in [-0.05, 0) is 62.4 Å². The molecule has 0 N–H and O–H groups in total. The van der Waals surface area contributed by atoms with E-state index in [2.05, 4.69) is 6.92 Å². The number of carbonyl (C=O) groups is 1. The largest absolute Gasteiger partial charge is 0.379 e. The monoisotopic (exact) mass is 449 g/mol. The molecule has 0 aromatic heterocycles. The van der Waals surface area contributed by atoms with E-state index >= 15 is 0 Å². The first-order chi connectivity index (χ1) is 14.2. The van der Waals surface area contributed by atoms with Crippen LogP contribution in [0, 0.1) is 12.8 Å². The Kier molecular flexibility index (Phi) is 7.09. The molecule has 2 aromatic rings. The van der Waals surface area contributed by atoms with Gasteiger partial charge in [0.2, 0.25) is 5.91 Å². The molecule has 3 rings (SSSR count). The predicted octanol–water partition coefficient (Wildman–Crippen LogP) is 5.34. The van der Waals surface area contributed by atoms with Crippen LogP contribution in [0.3, 0.4) is 0 Å². The molecule has 1 atom stereocenters. The summed E-state index contributed by atoms with van der Waals surface area (Å²) in [6.07, 6.45) is 3.86. The molecule has 2 aromatic carbocycles. The smallest absolute Gasteiger partial charge is 0.340 e. The lowest BCUT2D eigenvalue weighted by atomic mass is 9.84. The topological polar surface area (TPSA) is 63.7 Å². The van der Waals surface area contributed by atoms with Gasteiger partial charge in [0.05, 0.1) is 5.02 Å². The van der Waals surface area contributed by atoms with Crippen LogP contribution in [0.25, 0.3) is 0 Å². The van der Waals surface area contributed by atoms with Crippen LogP contribution in [-0.4, -0.2) is 25.3 Å². The van der Waals surface area contributed by atoms with E-state index in [1.165, 1.54) is 6.07 Å². The Morgan fingerprint density at radius 2 is 1.93 bits per heavy atom. The fourth-order valence-corrected chi connectivity index (χ4v) is 5.27. The maximum absolute atomic E-state index is 12.9. The van der Waals surface area contributed by atoms with Gasteiger partial charge in [0, 0.05) is 18.5 Å². The minimum Gasteiger partial charge on any atom is -0.379 e. The van der Waals surface area contributed by atoms with E-state index in [1.807, 2.05) is 17.9 Å². The molecule has 0 heterocycles. The van der Waals surface area contributed by atoms with Gasteiger partial charge < -0.3 is 9.08 Å². The van der Waals surface area contributed by atoms with Crippen LogP contribution in [0.5, 0.6) is 5.75 Å². The fraction of sp³-hybridized carbons (Fsp3) is 0.435. The number of hydrogen-bond acceptors (Lipinski definition) is 4. The quantitative estimate of drug-likeness (QED) is 0.510. The number of aryl methyl sites for hydroxylation is 1. The SMILES string of the molecule is CCC(C)N(Cc1cccc(OS(=O)(=O)c2c(C)cccc2Cl)c1)C(=O)C1CCC1. The molecule has 30 heavy (non-hydrogen) atoms. The molecule has 0 radical (unpaired) electrons. The summed E-state index contributed by atoms with van der Waals surface area (Å²) in [6, 6.07) is 11.9. The van der Waals surface area contributed by atoms with Gasteiger partial charge in [0.1, 0.15) is 10.6 Å². The van der Waals surface area contributed by atoms with Crippen molar-refractivity contribution in [2.45, 2.75) is 63.9 Å². The second-order valence-corrected chi connectivity index (χ2v) is 9.81. The van der Waals surface area contributed by atoms with E-state index in [1.54, 1.807) is 37.3 Å². The summed E-state index contributed by atoms with van der Waals surface area (Å²) < 4.78 is 31.0. The summed E-state index contributed by atoms with van der Waals surface area (Å²) in [4.78, 5) is 14.8. The molecule has 7 heteroatoms. The fourth-order valence-electron chi connectivity index (χ4n) is 3.56. The first kappa shape index (κ1) is 22.6. The molecule has 1 aliphatic carbocycles. The lowest BCUT2D eigenvalue weighted by Crippen LogP contribution is -2.43. The Labute approximate surface area is 184 Å².